The number of rotatable bonds is 6. The summed E-state index contributed by atoms with van der Waals surface area (Å²) in [7, 11) is 0. The average molecular weight is 382 g/mol. The summed E-state index contributed by atoms with van der Waals surface area (Å²) in [4.78, 5) is 23.5. The second-order valence-corrected chi connectivity index (χ2v) is 6.86. The fraction of sp³-hybridized carbons (Fsp3) is 0.429. The Morgan fingerprint density at radius 1 is 1.45 bits per heavy atom. The molecule has 1 rings (SSSR count). The van der Waals surface area contributed by atoms with E-state index in [1.807, 2.05) is 0 Å². The van der Waals surface area contributed by atoms with Crippen LogP contribution in [0, 0.1) is 11.7 Å². The third kappa shape index (κ3) is 5.19. The van der Waals surface area contributed by atoms with Gasteiger partial charge in [-0.25, -0.2) is 4.39 Å². The number of thioether (sulfide) groups is 1. The van der Waals surface area contributed by atoms with Gasteiger partial charge >= 0.3 is 0 Å². The zero-order chi connectivity index (χ0) is 15.3. The molecule has 1 aromatic rings. The van der Waals surface area contributed by atoms with Gasteiger partial charge in [0.15, 0.2) is 5.12 Å². The molecule has 0 bridgehead atoms. The maximum Gasteiger partial charge on any atom is 0.255 e. The number of hydrogen-bond donors (Lipinski definition) is 0. The van der Waals surface area contributed by atoms with Crippen LogP contribution in [0.15, 0.2) is 21.5 Å². The molecule has 0 fully saturated rings. The van der Waals surface area contributed by atoms with Gasteiger partial charge in [0, 0.05) is 15.8 Å². The molecule has 0 radical (unpaired) electrons. The quantitative estimate of drug-likeness (QED) is 0.488. The number of hydrogen-bond acceptors (Lipinski definition) is 3. The lowest BCUT2D eigenvalue weighted by Gasteiger charge is -2.08. The molecular formula is C14H15BrClFO2S. The third-order valence-electron chi connectivity index (χ3n) is 3.00. The van der Waals surface area contributed by atoms with Gasteiger partial charge in [0.1, 0.15) is 5.82 Å². The van der Waals surface area contributed by atoms with E-state index >= 15 is 0 Å². The van der Waals surface area contributed by atoms with Gasteiger partial charge in [-0.15, -0.1) is 0 Å². The molecule has 1 unspecified atom stereocenters. The molecule has 1 atom stereocenters. The lowest BCUT2D eigenvalue weighted by molar-refractivity contribution is -0.111. The van der Waals surface area contributed by atoms with E-state index in [-0.39, 0.29) is 10.7 Å². The van der Waals surface area contributed by atoms with Crippen LogP contribution in [0.2, 0.25) is 0 Å². The first-order valence-electron chi connectivity index (χ1n) is 6.24. The summed E-state index contributed by atoms with van der Waals surface area (Å²) in [5, 5.41) is -0.880. The normalized spacial score (nSPS) is 12.2. The van der Waals surface area contributed by atoms with E-state index in [9.17, 15) is 14.0 Å². The molecule has 0 N–H and O–H groups in total. The summed E-state index contributed by atoms with van der Waals surface area (Å²) in [5.74, 6) is -0.204. The van der Waals surface area contributed by atoms with E-state index in [4.69, 9.17) is 11.6 Å². The van der Waals surface area contributed by atoms with E-state index in [1.165, 1.54) is 6.07 Å². The first kappa shape index (κ1) is 17.7. The summed E-state index contributed by atoms with van der Waals surface area (Å²) in [6.07, 6.45) is 2.30. The Bertz CT molecular complexity index is 522. The fourth-order valence-corrected chi connectivity index (χ4v) is 3.00. The molecule has 0 aliphatic rings. The van der Waals surface area contributed by atoms with Crippen LogP contribution in [-0.2, 0) is 4.79 Å². The van der Waals surface area contributed by atoms with Gasteiger partial charge in [0.25, 0.3) is 5.24 Å². The van der Waals surface area contributed by atoms with E-state index in [1.54, 1.807) is 0 Å². The topological polar surface area (TPSA) is 34.1 Å². The molecule has 0 heterocycles. The smallest absolute Gasteiger partial charge is 0.255 e. The standard InChI is InChI=1S/C14H15BrClFO2S/c1-3-8(2)4-5-13(18)20-12-6-9(14(16)19)11(17)7-10(12)15/h6-8H,3-5H2,1-2H3. The van der Waals surface area contributed by atoms with Crippen molar-refractivity contribution in [2.45, 2.75) is 38.0 Å². The van der Waals surface area contributed by atoms with Crippen molar-refractivity contribution in [2.24, 2.45) is 5.92 Å². The molecule has 0 saturated carbocycles. The van der Waals surface area contributed by atoms with Gasteiger partial charge in [-0.3, -0.25) is 9.59 Å². The average Bonchev–Trinajstić information content (AvgIpc) is 2.38. The van der Waals surface area contributed by atoms with Crippen molar-refractivity contribution in [3.05, 3.63) is 28.0 Å². The summed E-state index contributed by atoms with van der Waals surface area (Å²) in [6, 6.07) is 2.46. The Labute approximate surface area is 135 Å². The van der Waals surface area contributed by atoms with Crippen molar-refractivity contribution >= 4 is 49.7 Å². The highest BCUT2D eigenvalue weighted by Crippen LogP contribution is 2.32. The molecule has 0 saturated heterocycles. The van der Waals surface area contributed by atoms with Crippen molar-refractivity contribution in [1.82, 2.24) is 0 Å². The Morgan fingerprint density at radius 2 is 2.10 bits per heavy atom. The number of carbonyl (C=O) groups excluding carboxylic acids is 2. The van der Waals surface area contributed by atoms with Crippen LogP contribution in [0.3, 0.4) is 0 Å². The minimum atomic E-state index is -0.871. The van der Waals surface area contributed by atoms with Gasteiger partial charge in [-0.05, 0) is 52.0 Å². The largest absolute Gasteiger partial charge is 0.287 e. The van der Waals surface area contributed by atoms with Crippen LogP contribution in [0.5, 0.6) is 0 Å². The highest BCUT2D eigenvalue weighted by molar-refractivity contribution is 9.10. The summed E-state index contributed by atoms with van der Waals surface area (Å²) < 4.78 is 13.9. The van der Waals surface area contributed by atoms with E-state index < -0.39 is 11.1 Å². The predicted octanol–water partition coefficient (Wildman–Crippen LogP) is 5.41. The van der Waals surface area contributed by atoms with Crippen LogP contribution in [0.25, 0.3) is 0 Å². The number of carbonyl (C=O) groups is 2. The Balaban J connectivity index is 2.79. The first-order valence-corrected chi connectivity index (χ1v) is 8.23. The number of halogens is 3. The highest BCUT2D eigenvalue weighted by Gasteiger charge is 2.16. The predicted molar refractivity (Wildman–Crippen MR) is 83.8 cm³/mol. The van der Waals surface area contributed by atoms with Crippen molar-refractivity contribution in [3.8, 4) is 0 Å². The zero-order valence-corrected chi connectivity index (χ0v) is 14.4. The molecule has 0 aliphatic heterocycles. The fourth-order valence-electron chi connectivity index (χ4n) is 1.50. The van der Waals surface area contributed by atoms with Crippen LogP contribution in [0.4, 0.5) is 4.39 Å². The summed E-state index contributed by atoms with van der Waals surface area (Å²) >= 11 is 9.49. The van der Waals surface area contributed by atoms with E-state index in [2.05, 4.69) is 29.8 Å². The highest BCUT2D eigenvalue weighted by atomic mass is 79.9. The minimum Gasteiger partial charge on any atom is -0.287 e. The SMILES string of the molecule is CCC(C)CCC(=O)Sc1cc(C(=O)Cl)c(F)cc1Br. The maximum atomic E-state index is 13.5. The lowest BCUT2D eigenvalue weighted by atomic mass is 10.0. The van der Waals surface area contributed by atoms with E-state index in [0.717, 1.165) is 30.7 Å². The van der Waals surface area contributed by atoms with Crippen molar-refractivity contribution in [3.63, 3.8) is 0 Å². The van der Waals surface area contributed by atoms with Crippen LogP contribution < -0.4 is 0 Å². The summed E-state index contributed by atoms with van der Waals surface area (Å²) in [5.41, 5.74) is -0.216. The Hall–Kier alpha value is -0.390. The van der Waals surface area contributed by atoms with Crippen LogP contribution >= 0.6 is 39.3 Å². The van der Waals surface area contributed by atoms with E-state index in [0.29, 0.717) is 21.7 Å². The van der Waals surface area contributed by atoms with Crippen molar-refractivity contribution in [1.29, 1.82) is 0 Å². The van der Waals surface area contributed by atoms with Gasteiger partial charge < -0.3 is 0 Å². The minimum absolute atomic E-state index is 0.00872. The molecule has 20 heavy (non-hydrogen) atoms. The molecular weight excluding hydrogens is 367 g/mol. The van der Waals surface area contributed by atoms with Gasteiger partial charge in [-0.2, -0.15) is 0 Å². The molecule has 6 heteroatoms. The first-order chi connectivity index (χ1) is 9.35. The zero-order valence-electron chi connectivity index (χ0n) is 11.2. The molecule has 1 aromatic carbocycles. The molecule has 0 amide bonds. The molecule has 0 spiro atoms. The molecule has 2 nitrogen and oxygen atoms in total. The summed E-state index contributed by atoms with van der Waals surface area (Å²) in [6.45, 7) is 4.17. The monoisotopic (exact) mass is 380 g/mol. The maximum absolute atomic E-state index is 13.5. The molecule has 110 valence electrons. The number of benzene rings is 1. The van der Waals surface area contributed by atoms with Gasteiger partial charge in [0.05, 0.1) is 5.56 Å². The van der Waals surface area contributed by atoms with Crippen LogP contribution in [0.1, 0.15) is 43.5 Å². The van der Waals surface area contributed by atoms with Gasteiger partial charge in [-0.1, -0.05) is 32.0 Å². The second-order valence-electron chi connectivity index (χ2n) is 4.56. The molecule has 0 aliphatic carbocycles. The second kappa shape index (κ2) is 8.15. The van der Waals surface area contributed by atoms with Crippen LogP contribution in [-0.4, -0.2) is 10.4 Å². The van der Waals surface area contributed by atoms with Crippen molar-refractivity contribution < 1.29 is 14.0 Å². The Kier molecular flexibility index (Phi) is 7.20. The third-order valence-corrected chi connectivity index (χ3v) is 5.11. The lowest BCUT2D eigenvalue weighted by Crippen LogP contribution is -2.00. The van der Waals surface area contributed by atoms with Gasteiger partial charge in [0.2, 0.25) is 0 Å². The van der Waals surface area contributed by atoms with Crippen molar-refractivity contribution in [2.75, 3.05) is 0 Å². The molecule has 0 aromatic heterocycles. The Morgan fingerprint density at radius 3 is 2.65 bits per heavy atom.